The number of hydrogen-bond acceptors (Lipinski definition) is 12. The number of anilines is 4. The number of rotatable bonds is 4. The van der Waals surface area contributed by atoms with Crippen molar-refractivity contribution in [3.8, 4) is 17.0 Å². The molecule has 19 heteroatoms. The lowest BCUT2D eigenvalue weighted by atomic mass is 9.87. The molecule has 8 heterocycles. The first kappa shape index (κ1) is 34.6. The molecule has 0 unspecified atom stereocenters. The zero-order valence-electron chi connectivity index (χ0n) is 26.4. The van der Waals surface area contributed by atoms with Crippen molar-refractivity contribution < 1.29 is 41.1 Å². The van der Waals surface area contributed by atoms with Crippen LogP contribution in [0.5, 0.6) is 5.75 Å². The molecule has 260 valence electrons. The fourth-order valence-electron chi connectivity index (χ4n) is 5.29. The first-order valence-electron chi connectivity index (χ1n) is 14.9. The molecule has 1 saturated heterocycles. The first-order valence-corrected chi connectivity index (χ1v) is 17.0. The number of ether oxygens (including phenoxy) is 2. The van der Waals surface area contributed by atoms with E-state index in [9.17, 15) is 22.5 Å². The van der Waals surface area contributed by atoms with Gasteiger partial charge in [0.25, 0.3) is 5.91 Å². The number of carbonyl (C=O) groups is 1. The average molecular weight is 723 g/mol. The van der Waals surface area contributed by atoms with E-state index >= 15 is 0 Å². The van der Waals surface area contributed by atoms with Crippen LogP contribution >= 0.6 is 19.2 Å². The molecule has 0 aliphatic carbocycles. The maximum absolute atomic E-state index is 14.1. The van der Waals surface area contributed by atoms with Gasteiger partial charge in [-0.1, -0.05) is 11.6 Å². The number of carbonyl (C=O) groups excluding carboxylic acids is 1. The minimum Gasteiger partial charge on any atom is -0.495 e. The van der Waals surface area contributed by atoms with Gasteiger partial charge in [-0.25, -0.2) is 9.97 Å². The van der Waals surface area contributed by atoms with Gasteiger partial charge in [-0.15, -0.1) is 0 Å². The predicted molar refractivity (Wildman–Crippen MR) is 173 cm³/mol. The Morgan fingerprint density at radius 3 is 2.63 bits per heavy atom. The van der Waals surface area contributed by atoms with Gasteiger partial charge in [-0.05, 0) is 36.8 Å². The number of nitrogens with zero attached hydrogens (tertiary/aromatic N) is 5. The lowest BCUT2D eigenvalue weighted by molar-refractivity contribution is -0.142. The maximum Gasteiger partial charge on any atom is 0.421 e. The second-order valence-electron chi connectivity index (χ2n) is 11.4. The van der Waals surface area contributed by atoms with Gasteiger partial charge in [0.1, 0.15) is 17.1 Å². The van der Waals surface area contributed by atoms with E-state index in [0.29, 0.717) is 42.8 Å². The van der Waals surface area contributed by atoms with Crippen molar-refractivity contribution >= 4 is 48.2 Å². The van der Waals surface area contributed by atoms with Crippen molar-refractivity contribution in [3.05, 3.63) is 64.7 Å². The minimum atomic E-state index is -4.86. The monoisotopic (exact) mass is 722 g/mol. The van der Waals surface area contributed by atoms with Crippen molar-refractivity contribution in [2.45, 2.75) is 25.8 Å². The van der Waals surface area contributed by atoms with Crippen molar-refractivity contribution in [1.29, 1.82) is 0 Å². The Hall–Kier alpha value is -4.28. The van der Waals surface area contributed by atoms with Gasteiger partial charge in [-0.3, -0.25) is 14.0 Å². The SMILES string of the molecule is CCO[P@@]1(=O)Cc2cc(OC)c(cc2Cl)Nc2ncc(C(F)(F)F)c(n2)Nc2ccc(nc2C(=O)NC)-c2cnn(c2)CC2(COC2)CO1. The molecule has 1 fully saturated rings. The molecule has 1 aromatic carbocycles. The molecule has 9 rings (SSSR count). The molecule has 1 amide bonds. The summed E-state index contributed by atoms with van der Waals surface area (Å²) >= 11 is 6.64. The van der Waals surface area contributed by atoms with Crippen LogP contribution in [0.25, 0.3) is 11.3 Å². The number of aromatic nitrogens is 5. The number of halogens is 4. The Balaban J connectivity index is 1.50. The van der Waals surface area contributed by atoms with Gasteiger partial charge in [0.05, 0.1) is 74.9 Å². The standard InChI is InChI=1S/C30H31ClF3N8O6P/c1-4-47-49(44)12-17-7-24(45-3)23(8-20(17)31)40-28-36-10-19(30(32,33)34)26(41-28)39-22-6-5-21(38-25(22)27(43)35-2)18-9-37-42(11-18)13-29(16-48-49)14-46-15-29/h5-11H,4,12-16H2,1-3H3,(H,35,43)(H2,36,39,40,41)/t49-/m0/s1. The Morgan fingerprint density at radius 2 is 1.96 bits per heavy atom. The molecule has 3 aromatic heterocycles. The summed E-state index contributed by atoms with van der Waals surface area (Å²) in [4.78, 5) is 25.4. The van der Waals surface area contributed by atoms with Crippen LogP contribution in [-0.2, 0) is 37.2 Å². The minimum absolute atomic E-state index is 0.0287. The second kappa shape index (κ2) is 13.6. The van der Waals surface area contributed by atoms with Gasteiger partial charge in [0, 0.05) is 30.0 Å². The number of methoxy groups -OCH3 is 1. The van der Waals surface area contributed by atoms with Crippen LogP contribution in [0.4, 0.5) is 36.3 Å². The second-order valence-corrected chi connectivity index (χ2v) is 13.9. The first-order chi connectivity index (χ1) is 23.3. The van der Waals surface area contributed by atoms with Crippen LogP contribution < -0.4 is 20.7 Å². The smallest absolute Gasteiger partial charge is 0.421 e. The molecule has 1 spiro atoms. The van der Waals surface area contributed by atoms with E-state index in [1.165, 1.54) is 38.4 Å². The summed E-state index contributed by atoms with van der Waals surface area (Å²) in [5.74, 6) is -1.37. The van der Waals surface area contributed by atoms with E-state index in [4.69, 9.17) is 30.1 Å². The van der Waals surface area contributed by atoms with Gasteiger partial charge in [-0.2, -0.15) is 23.3 Å². The molecule has 1 atom stereocenters. The highest BCUT2D eigenvalue weighted by molar-refractivity contribution is 7.53. The third kappa shape index (κ3) is 7.35. The molecule has 8 bridgehead atoms. The maximum atomic E-state index is 14.1. The highest BCUT2D eigenvalue weighted by Crippen LogP contribution is 2.54. The van der Waals surface area contributed by atoms with Crippen LogP contribution in [0, 0.1) is 5.41 Å². The molecular weight excluding hydrogens is 692 g/mol. The van der Waals surface area contributed by atoms with Crippen LogP contribution in [0.3, 0.4) is 0 Å². The summed E-state index contributed by atoms with van der Waals surface area (Å²) in [6.07, 6.45) is -1.21. The lowest BCUT2D eigenvalue weighted by Crippen LogP contribution is -2.49. The zero-order valence-corrected chi connectivity index (χ0v) is 28.1. The third-order valence-electron chi connectivity index (χ3n) is 7.80. The van der Waals surface area contributed by atoms with Crippen molar-refractivity contribution in [2.24, 2.45) is 5.41 Å². The highest BCUT2D eigenvalue weighted by Gasteiger charge is 2.43. The van der Waals surface area contributed by atoms with E-state index in [2.05, 4.69) is 36.0 Å². The molecule has 4 aromatic rings. The van der Waals surface area contributed by atoms with Gasteiger partial charge in [0.15, 0.2) is 5.69 Å². The van der Waals surface area contributed by atoms with Crippen molar-refractivity contribution in [2.75, 3.05) is 51.2 Å². The average Bonchev–Trinajstić information content (AvgIpc) is 3.51. The molecule has 49 heavy (non-hydrogen) atoms. The Bertz CT molecular complexity index is 1940. The van der Waals surface area contributed by atoms with Crippen LogP contribution in [0.1, 0.15) is 28.5 Å². The molecule has 14 nitrogen and oxygen atoms in total. The largest absolute Gasteiger partial charge is 0.495 e. The highest BCUT2D eigenvalue weighted by atomic mass is 35.5. The number of benzene rings is 1. The summed E-state index contributed by atoms with van der Waals surface area (Å²) in [5.41, 5.74) is -0.555. The fourth-order valence-corrected chi connectivity index (χ4v) is 7.42. The lowest BCUT2D eigenvalue weighted by Gasteiger charge is -2.41. The van der Waals surface area contributed by atoms with E-state index in [-0.39, 0.29) is 53.2 Å². The van der Waals surface area contributed by atoms with E-state index in [0.717, 1.165) is 0 Å². The quantitative estimate of drug-likeness (QED) is 0.210. The Kier molecular flexibility index (Phi) is 9.57. The van der Waals surface area contributed by atoms with Crippen molar-refractivity contribution in [1.82, 2.24) is 30.0 Å². The van der Waals surface area contributed by atoms with Gasteiger partial charge in [0.2, 0.25) is 5.95 Å². The van der Waals surface area contributed by atoms with Crippen LogP contribution in [0.2, 0.25) is 5.02 Å². The molecule has 3 N–H and O–H groups in total. The van der Waals surface area contributed by atoms with Crippen LogP contribution in [-0.4, -0.2) is 71.2 Å². The molecule has 5 aliphatic rings. The third-order valence-corrected chi connectivity index (χ3v) is 10.1. The number of alkyl halides is 3. The number of hydrogen-bond donors (Lipinski definition) is 3. The fraction of sp³-hybridized carbons (Fsp3) is 0.367. The summed E-state index contributed by atoms with van der Waals surface area (Å²) in [5, 5.41) is 12.5. The summed E-state index contributed by atoms with van der Waals surface area (Å²) < 4.78 is 80.9. The number of amides is 1. The molecular formula is C30H31ClF3N8O6P. The van der Waals surface area contributed by atoms with Gasteiger partial charge >= 0.3 is 13.8 Å². The Morgan fingerprint density at radius 1 is 1.16 bits per heavy atom. The topological polar surface area (TPSA) is 164 Å². The van der Waals surface area contributed by atoms with E-state index in [1.807, 2.05) is 0 Å². The predicted octanol–water partition coefficient (Wildman–Crippen LogP) is 6.04. The zero-order chi connectivity index (χ0) is 35.0. The van der Waals surface area contributed by atoms with Crippen molar-refractivity contribution in [3.63, 3.8) is 0 Å². The summed E-state index contributed by atoms with van der Waals surface area (Å²) in [6, 6.07) is 5.92. The molecule has 0 radical (unpaired) electrons. The van der Waals surface area contributed by atoms with Crippen LogP contribution in [0.15, 0.2) is 42.9 Å². The van der Waals surface area contributed by atoms with Gasteiger partial charge < -0.3 is 34.5 Å². The summed E-state index contributed by atoms with van der Waals surface area (Å²) in [7, 11) is -1.03. The summed E-state index contributed by atoms with van der Waals surface area (Å²) in [6.45, 7) is 2.77. The van der Waals surface area contributed by atoms with E-state index in [1.54, 1.807) is 24.0 Å². The number of nitrogens with one attached hydrogen (secondary N) is 3. The molecule has 0 saturated carbocycles. The normalized spacial score (nSPS) is 18.8. The molecule has 5 aliphatic heterocycles. The van der Waals surface area contributed by atoms with E-state index < -0.39 is 36.5 Å². The number of pyridine rings is 1. The Labute approximate surface area is 283 Å².